The summed E-state index contributed by atoms with van der Waals surface area (Å²) in [5.74, 6) is 15.0. The van der Waals surface area contributed by atoms with Crippen molar-refractivity contribution in [1.29, 1.82) is 0 Å². The van der Waals surface area contributed by atoms with Crippen molar-refractivity contribution in [1.82, 2.24) is 39.9 Å². The molecular weight excluding hydrogens is 1630 g/mol. The predicted octanol–water partition coefficient (Wildman–Crippen LogP) is 19.1. The summed E-state index contributed by atoms with van der Waals surface area (Å²) in [6.07, 6.45) is 21.9. The van der Waals surface area contributed by atoms with Crippen molar-refractivity contribution >= 4 is 89.6 Å². The molecule has 131 heavy (non-hydrogen) atoms. The number of anilines is 8. The normalized spacial score (nSPS) is 21.8. The fourth-order valence-electron chi connectivity index (χ4n) is 22.1. The first-order valence-corrected chi connectivity index (χ1v) is 49.4. The summed E-state index contributed by atoms with van der Waals surface area (Å²) >= 11 is 0. The second-order valence-electron chi connectivity index (χ2n) is 39.5. The largest absolute Gasteiger partial charge is 0.496 e. The van der Waals surface area contributed by atoms with Crippen LogP contribution in [-0.2, 0) is 4.74 Å². The van der Waals surface area contributed by atoms with Gasteiger partial charge in [0.05, 0.1) is 60.7 Å². The number of methoxy groups -OCH3 is 3. The molecule has 22 heteroatoms. The number of aromatic nitrogens is 8. The minimum absolute atomic E-state index is 0.223. The molecule has 0 spiro atoms. The lowest BCUT2D eigenvalue weighted by atomic mass is 9.87. The molecule has 4 aliphatic carbocycles. The summed E-state index contributed by atoms with van der Waals surface area (Å²) in [6, 6.07) is 61.0. The second-order valence-corrected chi connectivity index (χ2v) is 39.5. The molecule has 682 valence electrons. The third-order valence-electron chi connectivity index (χ3n) is 30.5. The van der Waals surface area contributed by atoms with Gasteiger partial charge in [0.2, 0.25) is 0 Å². The number of fused-ring (bicyclic) bond motifs is 4. The number of piperidine rings is 4. The van der Waals surface area contributed by atoms with Crippen molar-refractivity contribution in [3.63, 3.8) is 0 Å². The van der Waals surface area contributed by atoms with Crippen LogP contribution in [-0.4, -0.2) is 206 Å². The second kappa shape index (κ2) is 38.3. The Hall–Kier alpha value is -11.0. The highest BCUT2D eigenvalue weighted by molar-refractivity contribution is 5.96. The van der Waals surface area contributed by atoms with E-state index in [2.05, 4.69) is 217 Å². The summed E-state index contributed by atoms with van der Waals surface area (Å²) in [6.45, 7) is 19.4. The Morgan fingerprint density at radius 3 is 0.756 bits per heavy atom. The maximum atomic E-state index is 10.0. The zero-order valence-electron chi connectivity index (χ0n) is 77.3. The molecule has 12 aromatic rings. The third kappa shape index (κ3) is 19.2. The number of ether oxygens (including phenoxy) is 3. The number of para-hydroxylation sites is 2. The molecule has 12 fully saturated rings. The number of benzene rings is 8. The summed E-state index contributed by atoms with van der Waals surface area (Å²) in [5.41, 5.74) is 17.5. The number of β-amino-alcohol motifs (C(OH)–C–C–N with tert-alkyl or cyclic N) is 3. The minimum Gasteiger partial charge on any atom is -0.496 e. The quantitative estimate of drug-likeness (QED) is 0.0685. The van der Waals surface area contributed by atoms with Crippen molar-refractivity contribution in [3.05, 3.63) is 227 Å². The Balaban J connectivity index is 0.000000106. The number of rotatable bonds is 19. The predicted molar refractivity (Wildman–Crippen MR) is 527 cm³/mol. The Labute approximate surface area is 771 Å². The number of aliphatic hydroxyl groups excluding tert-OH is 3. The van der Waals surface area contributed by atoms with Gasteiger partial charge in [0.25, 0.3) is 0 Å². The van der Waals surface area contributed by atoms with Crippen LogP contribution in [0, 0.1) is 13.8 Å². The van der Waals surface area contributed by atoms with E-state index < -0.39 is 0 Å². The van der Waals surface area contributed by atoms with Gasteiger partial charge in [-0.05, 0) is 284 Å². The summed E-state index contributed by atoms with van der Waals surface area (Å²) in [7, 11) is 5.35. The molecule has 12 aliphatic rings. The van der Waals surface area contributed by atoms with Crippen molar-refractivity contribution in [2.24, 2.45) is 0 Å². The number of aryl methyl sites for hydroxylation is 2. The van der Waals surface area contributed by atoms with Crippen LogP contribution in [0.4, 0.5) is 46.0 Å². The highest BCUT2D eigenvalue weighted by Gasteiger charge is 2.38. The maximum absolute atomic E-state index is 10.0. The monoisotopic (exact) mass is 1760 g/mol. The van der Waals surface area contributed by atoms with Crippen LogP contribution in [0.5, 0.6) is 11.5 Å². The zero-order valence-corrected chi connectivity index (χ0v) is 77.3. The van der Waals surface area contributed by atoms with Gasteiger partial charge >= 0.3 is 0 Å². The van der Waals surface area contributed by atoms with Gasteiger partial charge in [-0.2, -0.15) is 0 Å². The van der Waals surface area contributed by atoms with Crippen LogP contribution in [0.3, 0.4) is 0 Å². The van der Waals surface area contributed by atoms with E-state index in [0.717, 1.165) is 264 Å². The van der Waals surface area contributed by atoms with Crippen LogP contribution < -0.4 is 48.7 Å². The summed E-state index contributed by atoms with van der Waals surface area (Å²) in [4.78, 5) is 59.6. The van der Waals surface area contributed by atoms with Crippen molar-refractivity contribution in [2.45, 2.75) is 214 Å². The SMILES string of the molecule is COc1ccccc1C1CCN(c2nc(C3CC3)nc3ccc(N4CCC(O)C4)cc23)CC1.COc1ccccc1C1CCN(c2nc(C3CC3)nc3ccc(N4CCC(OC)C4)cc23)CC1.Cc1ccccc1C1CCN(c2nc(C3CC3)nc3ccc(N4CC[C@@H](O)C4)cc23)CC1.Cc1ccccc1C1CCN(c2nc(C3CC3)nc3ccc(N4CC[C@H](O)C4)cc23)CC1. The Kier molecular flexibility index (Phi) is 25.3. The lowest BCUT2D eigenvalue weighted by molar-refractivity contribution is 0.121. The van der Waals surface area contributed by atoms with E-state index in [1.165, 1.54) is 107 Å². The van der Waals surface area contributed by atoms with Crippen LogP contribution >= 0.6 is 0 Å². The van der Waals surface area contributed by atoms with Crippen molar-refractivity contribution in [2.75, 3.05) is 165 Å². The molecule has 8 saturated heterocycles. The lowest BCUT2D eigenvalue weighted by Crippen LogP contribution is -2.34. The molecule has 8 aromatic carbocycles. The minimum atomic E-state index is -0.234. The molecule has 0 bridgehead atoms. The number of hydrogen-bond donors (Lipinski definition) is 3. The molecule has 8 aliphatic heterocycles. The Morgan fingerprint density at radius 2 is 0.504 bits per heavy atom. The molecule has 22 nitrogen and oxygen atoms in total. The van der Waals surface area contributed by atoms with E-state index in [9.17, 15) is 15.3 Å². The number of hydrogen-bond acceptors (Lipinski definition) is 22. The standard InChI is InChI=1S/C28H34N4O2.C27H32N4O2.2C27H32N4O/c1-33-22-13-16-32(18-22)21-9-10-25-24(17-21)28(30-27(29-25)20-7-8-20)31-14-11-19(12-15-31)23-5-3-4-6-26(23)34-2;1-33-25-5-3-2-4-22(25)18-10-13-30(14-11-18)27-23-16-20(31-15-12-21(32)17-31)8-9-24(23)28-26(29-27)19-6-7-19;2*1-18-4-2-3-5-23(18)19-10-13-30(14-11-19)27-24-16-21(31-15-12-22(32)17-31)8-9-25(24)28-26(29-27)20-6-7-20/h3-6,9-10,17,19-20,22H,7-8,11-16,18H2,1-2H3;2-5,8-9,16,18-19,21,32H,6-7,10-15,17H2,1H3;2*2-5,8-9,16,19-20,22,32H,6-7,10-15,17H2,1H3/t;;2*22-/m..10/s1. The molecule has 12 heterocycles. The first-order valence-electron chi connectivity index (χ1n) is 49.4. The van der Waals surface area contributed by atoms with Gasteiger partial charge in [-0.25, -0.2) is 39.9 Å². The molecular formula is C109H130N16O6. The van der Waals surface area contributed by atoms with Gasteiger partial charge in [-0.1, -0.05) is 84.9 Å². The fourth-order valence-corrected chi connectivity index (χ4v) is 22.1. The molecule has 24 rings (SSSR count). The molecule has 0 radical (unpaired) electrons. The van der Waals surface area contributed by atoms with E-state index in [0.29, 0.717) is 73.1 Å². The molecule has 2 unspecified atom stereocenters. The van der Waals surface area contributed by atoms with E-state index in [-0.39, 0.29) is 18.3 Å². The topological polar surface area (TPSA) is 217 Å². The smallest absolute Gasteiger partial charge is 0.140 e. The lowest BCUT2D eigenvalue weighted by Gasteiger charge is -2.34. The van der Waals surface area contributed by atoms with Crippen molar-refractivity contribution < 1.29 is 29.5 Å². The Morgan fingerprint density at radius 1 is 0.252 bits per heavy atom. The first kappa shape index (κ1) is 86.7. The van der Waals surface area contributed by atoms with Gasteiger partial charge in [-0.3, -0.25) is 0 Å². The Bertz CT molecular complexity index is 5870. The van der Waals surface area contributed by atoms with Gasteiger partial charge in [0, 0.05) is 180 Å². The molecule has 4 aromatic heterocycles. The van der Waals surface area contributed by atoms with E-state index >= 15 is 0 Å². The van der Waals surface area contributed by atoms with Gasteiger partial charge in [0.15, 0.2) is 0 Å². The van der Waals surface area contributed by atoms with Crippen LogP contribution in [0.25, 0.3) is 43.6 Å². The molecule has 0 amide bonds. The van der Waals surface area contributed by atoms with Gasteiger partial charge < -0.3 is 68.7 Å². The molecule has 4 saturated carbocycles. The maximum Gasteiger partial charge on any atom is 0.140 e. The highest BCUT2D eigenvalue weighted by atomic mass is 16.5. The van der Waals surface area contributed by atoms with Crippen molar-refractivity contribution in [3.8, 4) is 11.5 Å². The average Bonchev–Trinajstić information content (AvgIpc) is 1.73. The van der Waals surface area contributed by atoms with Crippen LogP contribution in [0.1, 0.15) is 232 Å². The first-order chi connectivity index (χ1) is 64.2. The molecule has 4 atom stereocenters. The zero-order chi connectivity index (χ0) is 88.7. The van der Waals surface area contributed by atoms with Crippen LogP contribution in [0.15, 0.2) is 170 Å². The van der Waals surface area contributed by atoms with Gasteiger partial charge in [0.1, 0.15) is 58.1 Å². The van der Waals surface area contributed by atoms with E-state index in [1.54, 1.807) is 14.2 Å². The fraction of sp³-hybridized carbons (Fsp3) is 0.486. The summed E-state index contributed by atoms with van der Waals surface area (Å²) < 4.78 is 16.9. The number of aliphatic hydroxyl groups is 3. The van der Waals surface area contributed by atoms with E-state index in [4.69, 9.17) is 54.1 Å². The van der Waals surface area contributed by atoms with E-state index in [1.807, 2.05) is 13.2 Å². The van der Waals surface area contributed by atoms with Crippen LogP contribution in [0.2, 0.25) is 0 Å². The molecule has 3 N–H and O–H groups in total. The van der Waals surface area contributed by atoms with Gasteiger partial charge in [-0.15, -0.1) is 0 Å². The average molecular weight is 1760 g/mol. The number of nitrogens with zero attached hydrogens (tertiary/aromatic N) is 16. The summed E-state index contributed by atoms with van der Waals surface area (Å²) in [5, 5.41) is 34.6. The highest BCUT2D eigenvalue weighted by Crippen LogP contribution is 2.49. The third-order valence-corrected chi connectivity index (χ3v) is 30.5.